The highest BCUT2D eigenvalue weighted by atomic mass is 32.2. The second-order valence-electron chi connectivity index (χ2n) is 4.71. The maximum absolute atomic E-state index is 12.3. The lowest BCUT2D eigenvalue weighted by molar-refractivity contribution is -0.0684. The van der Waals surface area contributed by atoms with Gasteiger partial charge in [0.1, 0.15) is 18.3 Å². The first-order valence-corrected chi connectivity index (χ1v) is 8.02. The number of hydrogen-bond acceptors (Lipinski definition) is 6. The first-order chi connectivity index (χ1) is 9.55. The third kappa shape index (κ3) is 3.77. The van der Waals surface area contributed by atoms with Crippen molar-refractivity contribution in [2.75, 3.05) is 33.2 Å². The van der Waals surface area contributed by atoms with E-state index in [9.17, 15) is 8.42 Å². The van der Waals surface area contributed by atoms with Crippen LogP contribution in [0.1, 0.15) is 0 Å². The Labute approximate surface area is 119 Å². The lowest BCUT2D eigenvalue weighted by atomic mass is 10.3. The summed E-state index contributed by atoms with van der Waals surface area (Å²) in [7, 11) is -0.170. The van der Waals surface area contributed by atoms with Gasteiger partial charge in [0.05, 0.1) is 4.90 Å². The largest absolute Gasteiger partial charge is 0.365 e. The molecule has 0 saturated carbocycles. The van der Waals surface area contributed by atoms with Gasteiger partial charge in [0.2, 0.25) is 0 Å². The number of ether oxygens (including phenoxy) is 2. The normalized spacial score (nSPS) is 24.7. The summed E-state index contributed by atoms with van der Waals surface area (Å²) < 4.78 is 35.2. The molecule has 1 aliphatic rings. The van der Waals surface area contributed by atoms with Crippen molar-refractivity contribution in [1.82, 2.24) is 10.2 Å². The van der Waals surface area contributed by atoms with Crippen molar-refractivity contribution in [2.24, 2.45) is 0 Å². The third-order valence-electron chi connectivity index (χ3n) is 3.24. The minimum absolute atomic E-state index is 0.0432. The molecule has 0 amide bonds. The highest BCUT2D eigenvalue weighted by Gasteiger charge is 2.29. The van der Waals surface area contributed by atoms with Crippen molar-refractivity contribution in [2.45, 2.75) is 17.4 Å². The summed E-state index contributed by atoms with van der Waals surface area (Å²) in [6, 6.07) is 8.46. The van der Waals surface area contributed by atoms with Crippen LogP contribution in [0, 0.1) is 0 Å². The Balaban J connectivity index is 2.08. The summed E-state index contributed by atoms with van der Waals surface area (Å²) in [4.78, 5) is 2.16. The zero-order chi connectivity index (χ0) is 14.6. The van der Waals surface area contributed by atoms with Gasteiger partial charge in [0, 0.05) is 27.3 Å². The summed E-state index contributed by atoms with van der Waals surface area (Å²) >= 11 is 0. The van der Waals surface area contributed by atoms with Crippen LogP contribution >= 0.6 is 0 Å². The van der Waals surface area contributed by atoms with Gasteiger partial charge in [0.15, 0.2) is 9.84 Å². The summed E-state index contributed by atoms with van der Waals surface area (Å²) in [5.41, 5.74) is 0. The molecule has 0 aromatic heterocycles. The van der Waals surface area contributed by atoms with Crippen molar-refractivity contribution >= 4 is 9.84 Å². The van der Waals surface area contributed by atoms with Crippen LogP contribution < -0.4 is 5.32 Å². The van der Waals surface area contributed by atoms with E-state index in [0.717, 1.165) is 0 Å². The fraction of sp³-hybridized carbons (Fsp3) is 0.538. The average molecular weight is 300 g/mol. The molecule has 1 aromatic carbocycles. The predicted molar refractivity (Wildman–Crippen MR) is 74.8 cm³/mol. The van der Waals surface area contributed by atoms with Gasteiger partial charge in [-0.1, -0.05) is 18.2 Å². The van der Waals surface area contributed by atoms with Crippen LogP contribution in [0.25, 0.3) is 0 Å². The molecule has 1 aliphatic heterocycles. The molecule has 1 heterocycles. The van der Waals surface area contributed by atoms with Gasteiger partial charge in [-0.15, -0.1) is 0 Å². The Bertz CT molecular complexity index is 508. The molecule has 2 rings (SSSR count). The third-order valence-corrected chi connectivity index (χ3v) is 4.94. The molecule has 112 valence electrons. The molecule has 0 bridgehead atoms. The number of nitrogens with one attached hydrogen (secondary N) is 1. The number of hydrogen-bond donors (Lipinski definition) is 1. The molecule has 1 fully saturated rings. The molecule has 1 N–H and O–H groups in total. The molecule has 1 saturated heterocycles. The van der Waals surface area contributed by atoms with Crippen molar-refractivity contribution in [3.63, 3.8) is 0 Å². The topological polar surface area (TPSA) is 67.9 Å². The van der Waals surface area contributed by atoms with E-state index in [1.54, 1.807) is 44.6 Å². The molecule has 0 radical (unpaired) electrons. The SMILES string of the molecule is COC1CN(CS(=O)(=O)c2ccccc2)CC(OC)N1. The Kier molecular flexibility index (Phi) is 5.11. The van der Waals surface area contributed by atoms with E-state index < -0.39 is 9.84 Å². The van der Waals surface area contributed by atoms with Crippen LogP contribution in [0.2, 0.25) is 0 Å². The van der Waals surface area contributed by atoms with E-state index in [-0.39, 0.29) is 18.3 Å². The average Bonchev–Trinajstić information content (AvgIpc) is 2.47. The number of nitrogens with zero attached hydrogens (tertiary/aromatic N) is 1. The van der Waals surface area contributed by atoms with E-state index in [0.29, 0.717) is 18.0 Å². The van der Waals surface area contributed by atoms with Crippen LogP contribution in [-0.2, 0) is 19.3 Å². The Morgan fingerprint density at radius 2 is 1.70 bits per heavy atom. The van der Waals surface area contributed by atoms with E-state index >= 15 is 0 Å². The summed E-state index contributed by atoms with van der Waals surface area (Å²) in [6.45, 7) is 1.00. The molecule has 0 aliphatic carbocycles. The zero-order valence-electron chi connectivity index (χ0n) is 11.7. The lowest BCUT2D eigenvalue weighted by Crippen LogP contribution is -2.58. The standard InChI is InChI=1S/C13H20N2O4S/c1-18-12-8-15(9-13(14-12)19-2)10-20(16,17)11-6-4-3-5-7-11/h3-7,12-14H,8-10H2,1-2H3. The minimum atomic E-state index is -3.34. The van der Waals surface area contributed by atoms with Gasteiger partial charge in [-0.25, -0.2) is 8.42 Å². The van der Waals surface area contributed by atoms with Gasteiger partial charge >= 0.3 is 0 Å². The molecule has 2 unspecified atom stereocenters. The van der Waals surface area contributed by atoms with Crippen LogP contribution in [0.3, 0.4) is 0 Å². The van der Waals surface area contributed by atoms with Gasteiger partial charge in [-0.05, 0) is 12.1 Å². The number of piperazine rings is 1. The minimum Gasteiger partial charge on any atom is -0.365 e. The van der Waals surface area contributed by atoms with Crippen LogP contribution in [0.4, 0.5) is 0 Å². The quantitative estimate of drug-likeness (QED) is 0.842. The molecule has 6 nitrogen and oxygen atoms in total. The summed E-state index contributed by atoms with van der Waals surface area (Å²) in [6.07, 6.45) is -0.473. The van der Waals surface area contributed by atoms with Crippen LogP contribution in [0.15, 0.2) is 35.2 Å². The fourth-order valence-corrected chi connectivity index (χ4v) is 3.60. The second-order valence-corrected chi connectivity index (χ2v) is 6.67. The van der Waals surface area contributed by atoms with Crippen LogP contribution in [0.5, 0.6) is 0 Å². The fourth-order valence-electron chi connectivity index (χ4n) is 2.19. The Morgan fingerprint density at radius 3 is 2.20 bits per heavy atom. The van der Waals surface area contributed by atoms with Crippen molar-refractivity contribution in [3.05, 3.63) is 30.3 Å². The molecule has 20 heavy (non-hydrogen) atoms. The highest BCUT2D eigenvalue weighted by Crippen LogP contribution is 2.14. The highest BCUT2D eigenvalue weighted by molar-refractivity contribution is 7.91. The van der Waals surface area contributed by atoms with E-state index in [1.807, 2.05) is 4.90 Å². The maximum Gasteiger partial charge on any atom is 0.191 e. The van der Waals surface area contributed by atoms with Crippen molar-refractivity contribution in [3.8, 4) is 0 Å². The Morgan fingerprint density at radius 1 is 1.15 bits per heavy atom. The molecular formula is C13H20N2O4S. The second kappa shape index (κ2) is 6.64. The Hall–Kier alpha value is -0.990. The predicted octanol–water partition coefficient (Wildman–Crippen LogP) is 0.268. The zero-order valence-corrected chi connectivity index (χ0v) is 12.5. The summed E-state index contributed by atoms with van der Waals surface area (Å²) in [5, 5.41) is 3.13. The number of methoxy groups -OCH3 is 2. The molecule has 0 spiro atoms. The molecule has 7 heteroatoms. The smallest absolute Gasteiger partial charge is 0.191 e. The molecule has 2 atom stereocenters. The lowest BCUT2D eigenvalue weighted by Gasteiger charge is -2.37. The van der Waals surface area contributed by atoms with E-state index in [1.165, 1.54) is 0 Å². The van der Waals surface area contributed by atoms with Crippen molar-refractivity contribution in [1.29, 1.82) is 0 Å². The first-order valence-electron chi connectivity index (χ1n) is 6.37. The van der Waals surface area contributed by atoms with Crippen LogP contribution in [-0.4, -0.2) is 59.0 Å². The number of benzene rings is 1. The number of sulfone groups is 1. The summed E-state index contributed by atoms with van der Waals surface area (Å²) in [5.74, 6) is -0.0432. The monoisotopic (exact) mass is 300 g/mol. The van der Waals surface area contributed by atoms with Gasteiger partial charge < -0.3 is 9.47 Å². The molecule has 1 aromatic rings. The van der Waals surface area contributed by atoms with Gasteiger partial charge in [0.25, 0.3) is 0 Å². The maximum atomic E-state index is 12.3. The first kappa shape index (κ1) is 15.4. The number of rotatable bonds is 5. The van der Waals surface area contributed by atoms with Gasteiger partial charge in [-0.3, -0.25) is 10.2 Å². The van der Waals surface area contributed by atoms with Crippen molar-refractivity contribution < 1.29 is 17.9 Å². The molecular weight excluding hydrogens is 280 g/mol. The van der Waals surface area contributed by atoms with Gasteiger partial charge in [-0.2, -0.15) is 0 Å². The van der Waals surface area contributed by atoms with E-state index in [4.69, 9.17) is 9.47 Å². The van der Waals surface area contributed by atoms with E-state index in [2.05, 4.69) is 5.32 Å².